The third kappa shape index (κ3) is 3.55. The Balaban J connectivity index is 2.37. The van der Waals surface area contributed by atoms with Crippen molar-refractivity contribution in [1.82, 2.24) is 0 Å². The maximum Gasteiger partial charge on any atom is 0.258 e. The van der Waals surface area contributed by atoms with Gasteiger partial charge in [-0.05, 0) is 30.3 Å². The summed E-state index contributed by atoms with van der Waals surface area (Å²) in [6, 6.07) is 14.3. The Kier molecular flexibility index (Phi) is 5.36. The van der Waals surface area contributed by atoms with Gasteiger partial charge in [0.1, 0.15) is 11.5 Å². The predicted molar refractivity (Wildman–Crippen MR) is 83.2 cm³/mol. The second-order valence-corrected chi connectivity index (χ2v) is 4.63. The molecule has 0 aliphatic rings. The normalized spacial score (nSPS) is 10.1. The number of methoxy groups -OCH3 is 2. The number of alkyl halides is 1. The molecule has 0 unspecified atom stereocenters. The first-order valence-corrected chi connectivity index (χ1v) is 6.82. The second kappa shape index (κ2) is 7.45. The van der Waals surface area contributed by atoms with E-state index in [-0.39, 0.29) is 6.54 Å². The molecule has 1 amide bonds. The lowest BCUT2D eigenvalue weighted by Gasteiger charge is -2.23. The van der Waals surface area contributed by atoms with Gasteiger partial charge in [0, 0.05) is 11.3 Å². The summed E-state index contributed by atoms with van der Waals surface area (Å²) in [6.45, 7) is -0.853. The van der Waals surface area contributed by atoms with Crippen molar-refractivity contribution in [1.29, 1.82) is 0 Å². The van der Waals surface area contributed by atoms with E-state index in [9.17, 15) is 9.18 Å². The number of amides is 1. The zero-order chi connectivity index (χ0) is 15.9. The second-order valence-electron chi connectivity index (χ2n) is 4.63. The summed E-state index contributed by atoms with van der Waals surface area (Å²) in [4.78, 5) is 13.3. The number of nitrogens with zero attached hydrogens (tertiary/aromatic N) is 1. The highest BCUT2D eigenvalue weighted by Gasteiger charge is 2.18. The number of anilines is 1. The van der Waals surface area contributed by atoms with Gasteiger partial charge in [0.05, 0.1) is 20.8 Å². The monoisotopic (exact) mass is 303 g/mol. The van der Waals surface area contributed by atoms with E-state index in [2.05, 4.69) is 0 Å². The van der Waals surface area contributed by atoms with E-state index >= 15 is 0 Å². The summed E-state index contributed by atoms with van der Waals surface area (Å²) in [5.74, 6) is 0.668. The minimum Gasteiger partial charge on any atom is -0.497 e. The van der Waals surface area contributed by atoms with Gasteiger partial charge in [0.15, 0.2) is 6.67 Å². The Morgan fingerprint density at radius 1 is 1.09 bits per heavy atom. The number of halogens is 1. The van der Waals surface area contributed by atoms with Gasteiger partial charge < -0.3 is 14.4 Å². The maximum absolute atomic E-state index is 12.9. The molecule has 0 radical (unpaired) electrons. The Morgan fingerprint density at radius 2 is 1.82 bits per heavy atom. The number of rotatable bonds is 6. The molecule has 0 heterocycles. The Labute approximate surface area is 129 Å². The van der Waals surface area contributed by atoms with Crippen LogP contribution in [0.15, 0.2) is 48.5 Å². The molecule has 0 atom stereocenters. The summed E-state index contributed by atoms with van der Waals surface area (Å²) >= 11 is 0. The fraction of sp³-hybridized carbons (Fsp3) is 0.235. The molecule has 0 saturated heterocycles. The van der Waals surface area contributed by atoms with Crippen LogP contribution in [0.3, 0.4) is 0 Å². The minimum atomic E-state index is -1.05. The Hall–Kier alpha value is -2.56. The van der Waals surface area contributed by atoms with Crippen LogP contribution in [0, 0.1) is 0 Å². The smallest absolute Gasteiger partial charge is 0.258 e. The molecule has 116 valence electrons. The predicted octanol–water partition coefficient (Wildman–Crippen LogP) is 3.21. The average molecular weight is 303 g/mol. The molecule has 2 aromatic rings. The molecule has 0 aromatic heterocycles. The van der Waals surface area contributed by atoms with Gasteiger partial charge in [0.2, 0.25) is 0 Å². The third-order valence-electron chi connectivity index (χ3n) is 3.30. The van der Waals surface area contributed by atoms with Crippen LogP contribution in [0.25, 0.3) is 0 Å². The maximum atomic E-state index is 12.9. The van der Waals surface area contributed by atoms with E-state index in [1.807, 2.05) is 6.07 Å². The molecule has 0 fully saturated rings. The van der Waals surface area contributed by atoms with Gasteiger partial charge in [-0.2, -0.15) is 0 Å². The van der Waals surface area contributed by atoms with Crippen molar-refractivity contribution < 1.29 is 18.7 Å². The lowest BCUT2D eigenvalue weighted by Crippen LogP contribution is -2.31. The van der Waals surface area contributed by atoms with Crippen molar-refractivity contribution in [2.45, 2.75) is 6.54 Å². The van der Waals surface area contributed by atoms with Crippen molar-refractivity contribution in [2.24, 2.45) is 0 Å². The quantitative estimate of drug-likeness (QED) is 0.822. The molecule has 0 aliphatic carbocycles. The fourth-order valence-corrected chi connectivity index (χ4v) is 2.18. The van der Waals surface area contributed by atoms with Gasteiger partial charge in [-0.3, -0.25) is 4.79 Å². The molecule has 0 bridgehead atoms. The SMILES string of the molecule is COc1ccc(OC)c(CN(C(=O)CF)c2ccccc2)c1. The van der Waals surface area contributed by atoms with Gasteiger partial charge in [-0.1, -0.05) is 18.2 Å². The van der Waals surface area contributed by atoms with E-state index in [4.69, 9.17) is 9.47 Å². The first-order chi connectivity index (χ1) is 10.7. The number of carbonyl (C=O) groups excluding carboxylic acids is 1. The molecule has 0 saturated carbocycles. The summed E-state index contributed by atoms with van der Waals surface area (Å²) in [5, 5.41) is 0. The molecule has 2 aromatic carbocycles. The number of hydrogen-bond donors (Lipinski definition) is 0. The molecule has 22 heavy (non-hydrogen) atoms. The number of hydrogen-bond acceptors (Lipinski definition) is 3. The number of para-hydroxylation sites is 1. The number of carbonyl (C=O) groups is 1. The summed E-state index contributed by atoms with van der Waals surface area (Å²) in [6.07, 6.45) is 0. The van der Waals surface area contributed by atoms with E-state index in [1.165, 1.54) is 4.90 Å². The first kappa shape index (κ1) is 15.8. The van der Waals surface area contributed by atoms with Gasteiger partial charge >= 0.3 is 0 Å². The molecule has 0 aliphatic heterocycles. The third-order valence-corrected chi connectivity index (χ3v) is 3.30. The van der Waals surface area contributed by atoms with Crippen LogP contribution in [0.4, 0.5) is 10.1 Å². The molecule has 4 nitrogen and oxygen atoms in total. The van der Waals surface area contributed by atoms with Gasteiger partial charge in [0.25, 0.3) is 5.91 Å². The van der Waals surface area contributed by atoms with Crippen molar-refractivity contribution in [3.8, 4) is 11.5 Å². The van der Waals surface area contributed by atoms with Crippen LogP contribution in [0.5, 0.6) is 11.5 Å². The summed E-state index contributed by atoms with van der Waals surface area (Å²) in [5.41, 5.74) is 1.38. The highest BCUT2D eigenvalue weighted by atomic mass is 19.1. The standard InChI is InChI=1S/C17H18FNO3/c1-21-15-8-9-16(22-2)13(10-15)12-19(17(20)11-18)14-6-4-3-5-7-14/h3-10H,11-12H2,1-2H3. The first-order valence-electron chi connectivity index (χ1n) is 6.82. The van der Waals surface area contributed by atoms with Crippen LogP contribution >= 0.6 is 0 Å². The molecular formula is C17H18FNO3. The molecule has 0 spiro atoms. The van der Waals surface area contributed by atoms with Crippen molar-refractivity contribution in [3.63, 3.8) is 0 Å². The highest BCUT2D eigenvalue weighted by molar-refractivity contribution is 5.94. The molecule has 5 heteroatoms. The lowest BCUT2D eigenvalue weighted by molar-refractivity contribution is -0.119. The Morgan fingerprint density at radius 3 is 2.41 bits per heavy atom. The van der Waals surface area contributed by atoms with Crippen LogP contribution < -0.4 is 14.4 Å². The Bertz CT molecular complexity index is 631. The number of benzene rings is 2. The molecule has 0 N–H and O–H groups in total. The van der Waals surface area contributed by atoms with E-state index < -0.39 is 12.6 Å². The van der Waals surface area contributed by atoms with Crippen molar-refractivity contribution >= 4 is 11.6 Å². The zero-order valence-electron chi connectivity index (χ0n) is 12.6. The fourth-order valence-electron chi connectivity index (χ4n) is 2.18. The van der Waals surface area contributed by atoms with Crippen LogP contribution in [-0.2, 0) is 11.3 Å². The summed E-state index contributed by atoms with van der Waals surface area (Å²) in [7, 11) is 3.11. The van der Waals surface area contributed by atoms with Crippen molar-refractivity contribution in [3.05, 3.63) is 54.1 Å². The lowest BCUT2D eigenvalue weighted by atomic mass is 10.1. The summed E-state index contributed by atoms with van der Waals surface area (Å²) < 4.78 is 23.4. The molecule has 2 rings (SSSR count). The zero-order valence-corrected chi connectivity index (χ0v) is 12.6. The van der Waals surface area contributed by atoms with Crippen LogP contribution in [0.2, 0.25) is 0 Å². The van der Waals surface area contributed by atoms with Gasteiger partial charge in [-0.15, -0.1) is 0 Å². The van der Waals surface area contributed by atoms with E-state index in [1.54, 1.807) is 56.7 Å². The van der Waals surface area contributed by atoms with Crippen molar-refractivity contribution in [2.75, 3.05) is 25.8 Å². The largest absolute Gasteiger partial charge is 0.497 e. The van der Waals surface area contributed by atoms with E-state index in [0.29, 0.717) is 17.2 Å². The van der Waals surface area contributed by atoms with Crippen LogP contribution in [0.1, 0.15) is 5.56 Å². The minimum absolute atomic E-state index is 0.202. The van der Waals surface area contributed by atoms with Gasteiger partial charge in [-0.25, -0.2) is 4.39 Å². The highest BCUT2D eigenvalue weighted by Crippen LogP contribution is 2.27. The number of ether oxygens (including phenoxy) is 2. The van der Waals surface area contributed by atoms with E-state index in [0.717, 1.165) is 5.56 Å². The topological polar surface area (TPSA) is 38.8 Å². The molecular weight excluding hydrogens is 285 g/mol. The average Bonchev–Trinajstić information content (AvgIpc) is 2.59. The van der Waals surface area contributed by atoms with Crippen LogP contribution in [-0.4, -0.2) is 26.8 Å².